The molecule has 2 aromatic rings. The molecule has 1 aliphatic heterocycles. The summed E-state index contributed by atoms with van der Waals surface area (Å²) in [7, 11) is 0. The quantitative estimate of drug-likeness (QED) is 0.850. The molecule has 6 heteroatoms. The van der Waals surface area contributed by atoms with E-state index in [9.17, 15) is 4.79 Å². The number of rotatable bonds is 4. The van der Waals surface area contributed by atoms with E-state index >= 15 is 0 Å². The van der Waals surface area contributed by atoms with E-state index < -0.39 is 0 Å². The molecule has 1 amide bonds. The fourth-order valence-electron chi connectivity index (χ4n) is 1.95. The molecule has 1 saturated heterocycles. The fraction of sp³-hybridized carbons (Fsp3) is 0.214. The second-order valence-corrected chi connectivity index (χ2v) is 4.51. The van der Waals surface area contributed by atoms with Crippen LogP contribution in [-0.2, 0) is 4.79 Å². The SMILES string of the molecule is O=C(/C=C/c1ccco1)N1CC(Nc2ncccn2)C1. The zero-order chi connectivity index (χ0) is 13.8. The van der Waals surface area contributed by atoms with Crippen LogP contribution in [0.25, 0.3) is 6.08 Å². The highest BCUT2D eigenvalue weighted by atomic mass is 16.3. The van der Waals surface area contributed by atoms with Crippen molar-refractivity contribution in [2.75, 3.05) is 18.4 Å². The summed E-state index contributed by atoms with van der Waals surface area (Å²) in [5.41, 5.74) is 0. The second-order valence-electron chi connectivity index (χ2n) is 4.51. The van der Waals surface area contributed by atoms with Gasteiger partial charge in [-0.05, 0) is 24.3 Å². The molecule has 0 aromatic carbocycles. The summed E-state index contributed by atoms with van der Waals surface area (Å²) >= 11 is 0. The van der Waals surface area contributed by atoms with Crippen LogP contribution in [0.2, 0.25) is 0 Å². The minimum atomic E-state index is -0.0200. The van der Waals surface area contributed by atoms with Gasteiger partial charge in [0.1, 0.15) is 5.76 Å². The van der Waals surface area contributed by atoms with Crippen LogP contribution in [0.1, 0.15) is 5.76 Å². The highest BCUT2D eigenvalue weighted by molar-refractivity contribution is 5.92. The molecule has 0 radical (unpaired) electrons. The van der Waals surface area contributed by atoms with E-state index in [-0.39, 0.29) is 11.9 Å². The van der Waals surface area contributed by atoms with Gasteiger partial charge in [0.05, 0.1) is 12.3 Å². The first-order chi connectivity index (χ1) is 9.81. The van der Waals surface area contributed by atoms with Gasteiger partial charge >= 0.3 is 0 Å². The van der Waals surface area contributed by atoms with Crippen molar-refractivity contribution in [3.05, 3.63) is 48.7 Å². The molecule has 3 rings (SSSR count). The summed E-state index contributed by atoms with van der Waals surface area (Å²) in [6.45, 7) is 1.30. The Kier molecular flexibility index (Phi) is 3.45. The second kappa shape index (κ2) is 5.56. The van der Waals surface area contributed by atoms with E-state index in [1.807, 2.05) is 0 Å². The van der Waals surface area contributed by atoms with Crippen molar-refractivity contribution in [1.29, 1.82) is 0 Å². The molecular formula is C14H14N4O2. The molecule has 6 nitrogen and oxygen atoms in total. The van der Waals surface area contributed by atoms with E-state index in [1.165, 1.54) is 6.08 Å². The third-order valence-corrected chi connectivity index (χ3v) is 3.03. The maximum absolute atomic E-state index is 11.9. The number of carbonyl (C=O) groups is 1. The lowest BCUT2D eigenvalue weighted by molar-refractivity contribution is -0.129. The number of hydrogen-bond acceptors (Lipinski definition) is 5. The normalized spacial score (nSPS) is 15.3. The lowest BCUT2D eigenvalue weighted by Crippen LogP contribution is -2.56. The third kappa shape index (κ3) is 2.85. The number of carbonyl (C=O) groups excluding carboxylic acids is 1. The molecule has 20 heavy (non-hydrogen) atoms. The van der Waals surface area contributed by atoms with E-state index in [4.69, 9.17) is 4.42 Å². The van der Waals surface area contributed by atoms with Crippen LogP contribution >= 0.6 is 0 Å². The number of hydrogen-bond donors (Lipinski definition) is 1. The van der Waals surface area contributed by atoms with Crippen molar-refractivity contribution < 1.29 is 9.21 Å². The largest absolute Gasteiger partial charge is 0.465 e. The Hall–Kier alpha value is -2.63. The highest BCUT2D eigenvalue weighted by Gasteiger charge is 2.29. The standard InChI is InChI=1S/C14H14N4O2/c19-13(5-4-12-3-1-8-20-12)18-9-11(10-18)17-14-15-6-2-7-16-14/h1-8,11H,9-10H2,(H,15,16,17)/b5-4+. The Morgan fingerprint density at radius 3 is 2.85 bits per heavy atom. The average molecular weight is 270 g/mol. The Morgan fingerprint density at radius 2 is 2.15 bits per heavy atom. The molecule has 0 aliphatic carbocycles. The number of likely N-dealkylation sites (tertiary alicyclic amines) is 1. The molecular weight excluding hydrogens is 256 g/mol. The van der Waals surface area contributed by atoms with E-state index in [1.54, 1.807) is 47.8 Å². The van der Waals surface area contributed by atoms with E-state index in [0.717, 1.165) is 0 Å². The molecule has 0 bridgehead atoms. The van der Waals surface area contributed by atoms with Crippen LogP contribution < -0.4 is 5.32 Å². The third-order valence-electron chi connectivity index (χ3n) is 3.03. The molecule has 0 unspecified atom stereocenters. The Bertz CT molecular complexity index is 589. The smallest absolute Gasteiger partial charge is 0.246 e. The first-order valence-corrected chi connectivity index (χ1v) is 6.35. The lowest BCUT2D eigenvalue weighted by Gasteiger charge is -2.38. The summed E-state index contributed by atoms with van der Waals surface area (Å²) < 4.78 is 5.13. The number of amides is 1. The molecule has 1 N–H and O–H groups in total. The van der Waals surface area contributed by atoms with Crippen molar-refractivity contribution in [3.8, 4) is 0 Å². The van der Waals surface area contributed by atoms with Gasteiger partial charge in [0.25, 0.3) is 0 Å². The average Bonchev–Trinajstić information content (AvgIpc) is 2.94. The zero-order valence-corrected chi connectivity index (χ0v) is 10.8. The minimum Gasteiger partial charge on any atom is -0.465 e. The van der Waals surface area contributed by atoms with Gasteiger partial charge < -0.3 is 14.6 Å². The maximum Gasteiger partial charge on any atom is 0.246 e. The topological polar surface area (TPSA) is 71.3 Å². The highest BCUT2D eigenvalue weighted by Crippen LogP contribution is 2.13. The molecule has 0 spiro atoms. The number of aromatic nitrogens is 2. The van der Waals surface area contributed by atoms with Crippen molar-refractivity contribution in [2.24, 2.45) is 0 Å². The Morgan fingerprint density at radius 1 is 1.35 bits per heavy atom. The predicted molar refractivity (Wildman–Crippen MR) is 73.8 cm³/mol. The maximum atomic E-state index is 11.9. The summed E-state index contributed by atoms with van der Waals surface area (Å²) in [6, 6.07) is 5.56. The van der Waals surface area contributed by atoms with Crippen LogP contribution in [-0.4, -0.2) is 39.9 Å². The van der Waals surface area contributed by atoms with E-state index in [0.29, 0.717) is 24.8 Å². The molecule has 0 saturated carbocycles. The van der Waals surface area contributed by atoms with Crippen LogP contribution in [0.15, 0.2) is 47.3 Å². The molecule has 102 valence electrons. The fourth-order valence-corrected chi connectivity index (χ4v) is 1.95. The van der Waals surface area contributed by atoms with Crippen molar-refractivity contribution in [2.45, 2.75) is 6.04 Å². The monoisotopic (exact) mass is 270 g/mol. The molecule has 3 heterocycles. The predicted octanol–water partition coefficient (Wildman–Crippen LogP) is 1.41. The number of furan rings is 1. The van der Waals surface area contributed by atoms with Gasteiger partial charge in [-0.2, -0.15) is 0 Å². The molecule has 0 atom stereocenters. The van der Waals surface area contributed by atoms with Crippen LogP contribution in [0.5, 0.6) is 0 Å². The number of nitrogens with zero attached hydrogens (tertiary/aromatic N) is 3. The van der Waals surface area contributed by atoms with Gasteiger partial charge in [-0.25, -0.2) is 9.97 Å². The van der Waals surface area contributed by atoms with Gasteiger partial charge in [-0.3, -0.25) is 4.79 Å². The summed E-state index contributed by atoms with van der Waals surface area (Å²) in [5, 5.41) is 3.17. The van der Waals surface area contributed by atoms with Gasteiger partial charge in [0.15, 0.2) is 0 Å². The first kappa shape index (κ1) is 12.4. The van der Waals surface area contributed by atoms with Crippen molar-refractivity contribution in [3.63, 3.8) is 0 Å². The van der Waals surface area contributed by atoms with Gasteiger partial charge in [0, 0.05) is 31.6 Å². The lowest BCUT2D eigenvalue weighted by atomic mass is 10.1. The van der Waals surface area contributed by atoms with Crippen LogP contribution in [0.4, 0.5) is 5.95 Å². The van der Waals surface area contributed by atoms with E-state index in [2.05, 4.69) is 15.3 Å². The minimum absolute atomic E-state index is 0.0200. The molecule has 1 aliphatic rings. The number of anilines is 1. The summed E-state index contributed by atoms with van der Waals surface area (Å²) in [5.74, 6) is 1.25. The van der Waals surface area contributed by atoms with Crippen LogP contribution in [0, 0.1) is 0 Å². The van der Waals surface area contributed by atoms with Crippen molar-refractivity contribution in [1.82, 2.24) is 14.9 Å². The Balaban J connectivity index is 1.47. The van der Waals surface area contributed by atoms with Gasteiger partial charge in [-0.1, -0.05) is 0 Å². The van der Waals surface area contributed by atoms with Crippen molar-refractivity contribution >= 4 is 17.9 Å². The number of nitrogens with one attached hydrogen (secondary N) is 1. The summed E-state index contributed by atoms with van der Waals surface area (Å²) in [6.07, 6.45) is 8.14. The summed E-state index contributed by atoms with van der Waals surface area (Å²) in [4.78, 5) is 21.8. The van der Waals surface area contributed by atoms with Gasteiger partial charge in [-0.15, -0.1) is 0 Å². The zero-order valence-electron chi connectivity index (χ0n) is 10.8. The first-order valence-electron chi connectivity index (χ1n) is 6.35. The Labute approximate surface area is 116 Å². The molecule has 2 aromatic heterocycles. The van der Waals surface area contributed by atoms with Crippen LogP contribution in [0.3, 0.4) is 0 Å². The molecule has 1 fully saturated rings. The van der Waals surface area contributed by atoms with Gasteiger partial charge in [0.2, 0.25) is 11.9 Å².